The Morgan fingerprint density at radius 1 is 1.00 bits per heavy atom. The van der Waals surface area contributed by atoms with Gasteiger partial charge in [-0.2, -0.15) is 0 Å². The van der Waals surface area contributed by atoms with E-state index in [2.05, 4.69) is 0 Å². The Kier molecular flexibility index (Phi) is 5.85. The van der Waals surface area contributed by atoms with Crippen LogP contribution in [-0.2, 0) is 23.9 Å². The standard InChI is InChI=1S/C25H34O6/c1-9-12(3)22(28)30-19-20(27)25(8)16-14(5)11-15(26)17(25)18(16)24(6,7)21(19)31-23(29)13(4)10-2/h9-11,16-21,27H,1-8H3/b12-9-,13-10-/t16?,17?,18?,19-,20+,21+,25+/m0/s1. The Morgan fingerprint density at radius 3 is 2.00 bits per heavy atom. The van der Waals surface area contributed by atoms with Crippen molar-refractivity contribution in [2.75, 3.05) is 0 Å². The fraction of sp³-hybridized carbons (Fsp3) is 0.640. The van der Waals surface area contributed by atoms with Gasteiger partial charge in [0.25, 0.3) is 0 Å². The van der Waals surface area contributed by atoms with Crippen LogP contribution >= 0.6 is 0 Å². The van der Waals surface area contributed by atoms with Crippen LogP contribution in [0.2, 0.25) is 0 Å². The fourth-order valence-electron chi connectivity index (χ4n) is 6.07. The molecule has 4 bridgehead atoms. The first-order chi connectivity index (χ1) is 14.3. The summed E-state index contributed by atoms with van der Waals surface area (Å²) in [4.78, 5) is 38.4. The van der Waals surface area contributed by atoms with Gasteiger partial charge in [-0.25, -0.2) is 9.59 Å². The summed E-state index contributed by atoms with van der Waals surface area (Å²) in [5.74, 6) is -1.72. The second-order valence-corrected chi connectivity index (χ2v) is 10.0. The van der Waals surface area contributed by atoms with Crippen LogP contribution < -0.4 is 0 Å². The monoisotopic (exact) mass is 430 g/mol. The first-order valence-electron chi connectivity index (χ1n) is 10.9. The van der Waals surface area contributed by atoms with Crippen molar-refractivity contribution < 1.29 is 29.0 Å². The molecule has 3 unspecified atom stereocenters. The number of hydrogen-bond acceptors (Lipinski definition) is 6. The summed E-state index contributed by atoms with van der Waals surface area (Å²) in [5.41, 5.74) is 0.238. The van der Waals surface area contributed by atoms with Crippen LogP contribution in [0.5, 0.6) is 0 Å². The lowest BCUT2D eigenvalue weighted by molar-refractivity contribution is -0.199. The summed E-state index contributed by atoms with van der Waals surface area (Å²) in [7, 11) is 0. The van der Waals surface area contributed by atoms with Gasteiger partial charge in [-0.05, 0) is 52.5 Å². The van der Waals surface area contributed by atoms with Gasteiger partial charge < -0.3 is 14.6 Å². The highest BCUT2D eigenvalue weighted by Gasteiger charge is 2.76. The molecule has 0 saturated heterocycles. The van der Waals surface area contributed by atoms with Gasteiger partial charge >= 0.3 is 11.9 Å². The minimum absolute atomic E-state index is 0.0223. The van der Waals surface area contributed by atoms with Crippen molar-refractivity contribution in [1.29, 1.82) is 0 Å². The minimum Gasteiger partial charge on any atom is -0.454 e. The van der Waals surface area contributed by atoms with Gasteiger partial charge in [-0.1, -0.05) is 38.5 Å². The molecule has 0 amide bonds. The van der Waals surface area contributed by atoms with Crippen molar-refractivity contribution in [1.82, 2.24) is 0 Å². The van der Waals surface area contributed by atoms with E-state index in [1.807, 2.05) is 27.7 Å². The highest BCUT2D eigenvalue weighted by atomic mass is 16.6. The van der Waals surface area contributed by atoms with E-state index in [1.165, 1.54) is 0 Å². The number of hydrogen-bond donors (Lipinski definition) is 1. The predicted octanol–water partition coefficient (Wildman–Crippen LogP) is 3.54. The highest BCUT2D eigenvalue weighted by molar-refractivity contribution is 5.97. The van der Waals surface area contributed by atoms with Crippen LogP contribution in [-0.4, -0.2) is 41.1 Å². The van der Waals surface area contributed by atoms with Crippen molar-refractivity contribution in [2.24, 2.45) is 28.6 Å². The summed E-state index contributed by atoms with van der Waals surface area (Å²) < 4.78 is 11.7. The molecule has 170 valence electrons. The molecule has 1 N–H and O–H groups in total. The highest BCUT2D eigenvalue weighted by Crippen LogP contribution is 2.71. The van der Waals surface area contributed by atoms with E-state index in [-0.39, 0.29) is 17.6 Å². The predicted molar refractivity (Wildman–Crippen MR) is 116 cm³/mol. The van der Waals surface area contributed by atoms with Crippen molar-refractivity contribution >= 4 is 17.7 Å². The molecule has 0 aromatic heterocycles. The third kappa shape index (κ3) is 3.22. The number of ether oxygens (including phenoxy) is 2. The molecule has 0 heterocycles. The van der Waals surface area contributed by atoms with Crippen molar-refractivity contribution in [3.8, 4) is 0 Å². The van der Waals surface area contributed by atoms with E-state index in [0.29, 0.717) is 11.1 Å². The Labute approximate surface area is 184 Å². The fourth-order valence-corrected chi connectivity index (χ4v) is 6.07. The van der Waals surface area contributed by atoms with Gasteiger partial charge in [0.05, 0.1) is 0 Å². The lowest BCUT2D eigenvalue weighted by Crippen LogP contribution is -2.68. The molecule has 0 radical (unpaired) electrons. The summed E-state index contributed by atoms with van der Waals surface area (Å²) in [6, 6.07) is 0. The van der Waals surface area contributed by atoms with Crippen molar-refractivity contribution in [2.45, 2.75) is 73.7 Å². The Morgan fingerprint density at radius 2 is 1.52 bits per heavy atom. The summed E-state index contributed by atoms with van der Waals surface area (Å²) in [6.45, 7) is 14.4. The number of carbonyl (C=O) groups excluding carboxylic acids is 3. The molecule has 3 saturated carbocycles. The SMILES string of the molecule is C/C=C(/C)C(=O)O[C@@H]1[C@@H](OC(=O)/C(C)=C\C)C(C)(C)C2C3C(=O)C=C(C)C2[C@@]3(C)[C@@H]1O. The van der Waals surface area contributed by atoms with Gasteiger partial charge in [0.2, 0.25) is 0 Å². The second kappa shape index (κ2) is 7.73. The number of esters is 2. The number of ketones is 1. The molecule has 31 heavy (non-hydrogen) atoms. The van der Waals surface area contributed by atoms with Crippen molar-refractivity contribution in [3.05, 3.63) is 34.9 Å². The first kappa shape index (κ1) is 23.5. The molecule has 4 rings (SSSR count). The van der Waals surface area contributed by atoms with Crippen molar-refractivity contribution in [3.63, 3.8) is 0 Å². The smallest absolute Gasteiger partial charge is 0.333 e. The third-order valence-electron chi connectivity index (χ3n) is 8.05. The van der Waals surface area contributed by atoms with Crippen LogP contribution in [0.1, 0.15) is 55.4 Å². The molecule has 6 heteroatoms. The van der Waals surface area contributed by atoms with Gasteiger partial charge in [0.15, 0.2) is 11.9 Å². The first-order valence-corrected chi connectivity index (χ1v) is 10.9. The van der Waals surface area contributed by atoms with Crippen LogP contribution in [0, 0.1) is 28.6 Å². The molecular formula is C25H34O6. The maximum absolute atomic E-state index is 13.0. The second-order valence-electron chi connectivity index (χ2n) is 10.0. The van der Waals surface area contributed by atoms with E-state index in [9.17, 15) is 19.5 Å². The van der Waals surface area contributed by atoms with Gasteiger partial charge in [-0.15, -0.1) is 0 Å². The maximum Gasteiger partial charge on any atom is 0.333 e. The summed E-state index contributed by atoms with van der Waals surface area (Å²) in [6.07, 6.45) is 1.79. The summed E-state index contributed by atoms with van der Waals surface area (Å²) in [5, 5.41) is 11.6. The quantitative estimate of drug-likeness (QED) is 0.542. The molecule has 7 atom stereocenters. The van der Waals surface area contributed by atoms with E-state index >= 15 is 0 Å². The Balaban J connectivity index is 2.14. The topological polar surface area (TPSA) is 89.9 Å². The zero-order valence-corrected chi connectivity index (χ0v) is 19.7. The van der Waals surface area contributed by atoms with E-state index in [0.717, 1.165) is 5.57 Å². The van der Waals surface area contributed by atoms with Gasteiger partial charge in [-0.3, -0.25) is 4.79 Å². The number of fused-ring (bicyclic) bond motifs is 3. The molecule has 0 spiro atoms. The zero-order chi connectivity index (χ0) is 23.5. The molecule has 0 aromatic carbocycles. The molecule has 4 aliphatic carbocycles. The maximum atomic E-state index is 13.0. The molecule has 4 aliphatic rings. The largest absolute Gasteiger partial charge is 0.454 e. The number of rotatable bonds is 4. The Hall–Kier alpha value is -2.21. The van der Waals surface area contributed by atoms with E-state index < -0.39 is 47.0 Å². The lowest BCUT2D eigenvalue weighted by atomic mass is 9.37. The summed E-state index contributed by atoms with van der Waals surface area (Å²) >= 11 is 0. The lowest BCUT2D eigenvalue weighted by Gasteiger charge is -2.65. The number of aliphatic hydroxyl groups is 1. The molecular weight excluding hydrogens is 396 g/mol. The molecule has 3 fully saturated rings. The van der Waals surface area contributed by atoms with Crippen LogP contribution in [0.25, 0.3) is 0 Å². The van der Waals surface area contributed by atoms with E-state index in [4.69, 9.17) is 9.47 Å². The van der Waals surface area contributed by atoms with E-state index in [1.54, 1.807) is 45.9 Å². The minimum atomic E-state index is -1.16. The van der Waals surface area contributed by atoms with Crippen LogP contribution in [0.15, 0.2) is 34.9 Å². The molecule has 0 aliphatic heterocycles. The average molecular weight is 431 g/mol. The number of aliphatic hydroxyl groups excluding tert-OH is 1. The third-order valence-corrected chi connectivity index (χ3v) is 8.05. The van der Waals surface area contributed by atoms with Crippen LogP contribution in [0.3, 0.4) is 0 Å². The Bertz CT molecular complexity index is 907. The van der Waals surface area contributed by atoms with Gasteiger partial charge in [0, 0.05) is 27.9 Å². The normalized spacial score (nSPS) is 39.1. The average Bonchev–Trinajstić information content (AvgIpc) is 2.78. The molecule has 0 aromatic rings. The zero-order valence-electron chi connectivity index (χ0n) is 19.7. The number of allylic oxidation sites excluding steroid dienone is 4. The van der Waals surface area contributed by atoms with Gasteiger partial charge in [0.1, 0.15) is 12.2 Å². The van der Waals surface area contributed by atoms with Crippen LogP contribution in [0.4, 0.5) is 0 Å². The molecule has 6 nitrogen and oxygen atoms in total. The number of carbonyl (C=O) groups is 3.